The second-order valence-electron chi connectivity index (χ2n) is 4.99. The number of hydrogen-bond donors (Lipinski definition) is 1. The number of rotatable bonds is 4. The van der Waals surface area contributed by atoms with Crippen LogP contribution in [0.5, 0.6) is 0 Å². The Morgan fingerprint density at radius 2 is 2.47 bits per heavy atom. The number of aromatic nitrogens is 1. The van der Waals surface area contributed by atoms with Gasteiger partial charge >= 0.3 is 0 Å². The van der Waals surface area contributed by atoms with Crippen molar-refractivity contribution in [2.24, 2.45) is 0 Å². The molecule has 96 valence electrons. The van der Waals surface area contributed by atoms with Crippen LogP contribution >= 0.6 is 11.3 Å². The second-order valence-corrected chi connectivity index (χ2v) is 5.91. The molecule has 1 fully saturated rings. The quantitative estimate of drug-likeness (QED) is 0.894. The van der Waals surface area contributed by atoms with Gasteiger partial charge in [0.25, 0.3) is 0 Å². The van der Waals surface area contributed by atoms with Gasteiger partial charge in [-0.1, -0.05) is 13.3 Å². The summed E-state index contributed by atoms with van der Waals surface area (Å²) < 4.78 is 0. The summed E-state index contributed by atoms with van der Waals surface area (Å²) in [5.74, 6) is 0. The third kappa shape index (κ3) is 3.06. The molecule has 4 heteroatoms. The standard InChI is InChI=1S/C13H23N3S/c1-4-5-12-9-16(10(2)8-15-12)11(3)13-14-6-7-17-13/h6-7,10-12,15H,4-5,8-9H2,1-3H3. The Morgan fingerprint density at radius 1 is 1.65 bits per heavy atom. The highest BCUT2D eigenvalue weighted by Gasteiger charge is 2.29. The lowest BCUT2D eigenvalue weighted by Gasteiger charge is -2.41. The molecule has 3 nitrogen and oxygen atoms in total. The summed E-state index contributed by atoms with van der Waals surface area (Å²) in [6, 6.07) is 1.70. The number of thiazole rings is 1. The van der Waals surface area contributed by atoms with Crippen molar-refractivity contribution in [1.82, 2.24) is 15.2 Å². The Hall–Kier alpha value is -0.450. The lowest BCUT2D eigenvalue weighted by atomic mass is 10.0. The molecule has 17 heavy (non-hydrogen) atoms. The van der Waals surface area contributed by atoms with Crippen LogP contribution < -0.4 is 5.32 Å². The van der Waals surface area contributed by atoms with Crippen molar-refractivity contribution in [1.29, 1.82) is 0 Å². The molecule has 1 aromatic heterocycles. The molecule has 1 aromatic rings. The zero-order valence-corrected chi connectivity index (χ0v) is 11.8. The van der Waals surface area contributed by atoms with Gasteiger partial charge in [-0.25, -0.2) is 4.98 Å². The predicted octanol–water partition coefficient (Wildman–Crippen LogP) is 2.67. The molecule has 3 unspecified atom stereocenters. The van der Waals surface area contributed by atoms with E-state index in [-0.39, 0.29) is 0 Å². The molecule has 0 aromatic carbocycles. The fourth-order valence-electron chi connectivity index (χ4n) is 2.62. The van der Waals surface area contributed by atoms with Gasteiger partial charge in [-0.2, -0.15) is 0 Å². The minimum absolute atomic E-state index is 0.450. The molecular formula is C13H23N3S. The number of nitrogens with zero attached hydrogens (tertiary/aromatic N) is 2. The molecule has 1 aliphatic rings. The summed E-state index contributed by atoms with van der Waals surface area (Å²) in [4.78, 5) is 7.05. The van der Waals surface area contributed by atoms with Gasteiger partial charge in [-0.05, 0) is 20.3 Å². The maximum absolute atomic E-state index is 4.45. The zero-order valence-electron chi connectivity index (χ0n) is 11.0. The SMILES string of the molecule is CCCC1CN(C(C)c2nccs2)C(C)CN1. The summed E-state index contributed by atoms with van der Waals surface area (Å²) in [5, 5.41) is 6.96. The van der Waals surface area contributed by atoms with Crippen molar-refractivity contribution in [3.63, 3.8) is 0 Å². The fraction of sp³-hybridized carbons (Fsp3) is 0.769. The Kier molecular flexibility index (Phi) is 4.54. The van der Waals surface area contributed by atoms with Gasteiger partial charge in [0.2, 0.25) is 0 Å². The molecule has 1 N–H and O–H groups in total. The molecule has 1 saturated heterocycles. The molecule has 0 radical (unpaired) electrons. The van der Waals surface area contributed by atoms with Crippen LogP contribution in [0.1, 0.15) is 44.7 Å². The lowest BCUT2D eigenvalue weighted by molar-refractivity contribution is 0.0958. The first-order valence-corrected chi connectivity index (χ1v) is 7.48. The van der Waals surface area contributed by atoms with Crippen LogP contribution in [0, 0.1) is 0 Å². The van der Waals surface area contributed by atoms with Crippen molar-refractivity contribution in [3.8, 4) is 0 Å². The summed E-state index contributed by atoms with van der Waals surface area (Å²) >= 11 is 1.77. The molecule has 0 bridgehead atoms. The average Bonchev–Trinajstić information content (AvgIpc) is 2.85. The monoisotopic (exact) mass is 253 g/mol. The molecule has 0 aliphatic carbocycles. The molecule has 0 saturated carbocycles. The van der Waals surface area contributed by atoms with Gasteiger partial charge in [-0.3, -0.25) is 4.90 Å². The van der Waals surface area contributed by atoms with E-state index >= 15 is 0 Å². The van der Waals surface area contributed by atoms with Crippen LogP contribution in [-0.4, -0.2) is 35.1 Å². The first-order valence-electron chi connectivity index (χ1n) is 6.61. The lowest BCUT2D eigenvalue weighted by Crippen LogP contribution is -2.55. The normalized spacial score (nSPS) is 28.2. The number of piperazine rings is 1. The van der Waals surface area contributed by atoms with Gasteiger partial charge in [0.05, 0.1) is 6.04 Å². The Morgan fingerprint density at radius 3 is 3.12 bits per heavy atom. The van der Waals surface area contributed by atoms with Crippen molar-refractivity contribution in [3.05, 3.63) is 16.6 Å². The molecule has 3 atom stereocenters. The van der Waals surface area contributed by atoms with Gasteiger partial charge in [0, 0.05) is 36.8 Å². The van der Waals surface area contributed by atoms with Crippen LogP contribution in [0.15, 0.2) is 11.6 Å². The Balaban J connectivity index is 2.02. The van der Waals surface area contributed by atoms with Crippen LogP contribution in [0.25, 0.3) is 0 Å². The minimum Gasteiger partial charge on any atom is -0.311 e. The maximum Gasteiger partial charge on any atom is 0.109 e. The topological polar surface area (TPSA) is 28.2 Å². The van der Waals surface area contributed by atoms with E-state index in [1.165, 1.54) is 17.8 Å². The third-order valence-corrected chi connectivity index (χ3v) is 4.59. The summed E-state index contributed by atoms with van der Waals surface area (Å²) in [7, 11) is 0. The van der Waals surface area contributed by atoms with E-state index < -0.39 is 0 Å². The van der Waals surface area contributed by atoms with E-state index in [9.17, 15) is 0 Å². The van der Waals surface area contributed by atoms with Crippen molar-refractivity contribution < 1.29 is 0 Å². The number of nitrogens with one attached hydrogen (secondary N) is 1. The van der Waals surface area contributed by atoms with Crippen LogP contribution in [0.3, 0.4) is 0 Å². The van der Waals surface area contributed by atoms with E-state index in [0.717, 1.165) is 13.1 Å². The van der Waals surface area contributed by atoms with E-state index in [0.29, 0.717) is 18.1 Å². The first-order chi connectivity index (χ1) is 8.22. The maximum atomic E-state index is 4.45. The smallest absolute Gasteiger partial charge is 0.109 e. The van der Waals surface area contributed by atoms with Crippen molar-refractivity contribution >= 4 is 11.3 Å². The van der Waals surface area contributed by atoms with Crippen molar-refractivity contribution in [2.45, 2.75) is 51.7 Å². The van der Waals surface area contributed by atoms with Gasteiger partial charge in [-0.15, -0.1) is 11.3 Å². The summed E-state index contributed by atoms with van der Waals surface area (Å²) in [5.41, 5.74) is 0. The molecule has 2 rings (SSSR count). The van der Waals surface area contributed by atoms with Crippen LogP contribution in [0.2, 0.25) is 0 Å². The van der Waals surface area contributed by atoms with E-state index in [1.807, 2.05) is 6.20 Å². The van der Waals surface area contributed by atoms with Gasteiger partial charge in [0.15, 0.2) is 0 Å². The predicted molar refractivity (Wildman–Crippen MR) is 73.4 cm³/mol. The van der Waals surface area contributed by atoms with E-state index in [1.54, 1.807) is 11.3 Å². The molecule has 2 heterocycles. The molecule has 1 aliphatic heterocycles. The Labute approximate surface area is 108 Å². The average molecular weight is 253 g/mol. The highest BCUT2D eigenvalue weighted by atomic mass is 32.1. The molecule has 0 amide bonds. The first kappa shape index (κ1) is 13.0. The van der Waals surface area contributed by atoms with E-state index in [2.05, 4.69) is 41.4 Å². The van der Waals surface area contributed by atoms with Gasteiger partial charge < -0.3 is 5.32 Å². The Bertz CT molecular complexity index is 325. The van der Waals surface area contributed by atoms with Crippen LogP contribution in [0.4, 0.5) is 0 Å². The second kappa shape index (κ2) is 5.94. The molecular weight excluding hydrogens is 230 g/mol. The zero-order chi connectivity index (χ0) is 12.3. The van der Waals surface area contributed by atoms with Crippen molar-refractivity contribution in [2.75, 3.05) is 13.1 Å². The summed E-state index contributed by atoms with van der Waals surface area (Å²) in [6.07, 6.45) is 4.44. The minimum atomic E-state index is 0.450. The largest absolute Gasteiger partial charge is 0.311 e. The molecule has 0 spiro atoms. The third-order valence-electron chi connectivity index (χ3n) is 3.64. The fourth-order valence-corrected chi connectivity index (χ4v) is 3.33. The number of hydrogen-bond acceptors (Lipinski definition) is 4. The highest BCUT2D eigenvalue weighted by molar-refractivity contribution is 7.09. The highest BCUT2D eigenvalue weighted by Crippen LogP contribution is 2.26. The van der Waals surface area contributed by atoms with Gasteiger partial charge in [0.1, 0.15) is 5.01 Å². The summed E-state index contributed by atoms with van der Waals surface area (Å²) in [6.45, 7) is 9.09. The van der Waals surface area contributed by atoms with E-state index in [4.69, 9.17) is 0 Å². The van der Waals surface area contributed by atoms with Crippen LogP contribution in [-0.2, 0) is 0 Å².